The molecule has 1 aromatic heterocycles. The fourth-order valence-electron chi connectivity index (χ4n) is 4.46. The molecule has 25 heavy (non-hydrogen) atoms. The van der Waals surface area contributed by atoms with Crippen molar-refractivity contribution in [2.45, 2.75) is 32.6 Å². The average molecular weight is 407 g/mol. The number of fused-ring (bicyclic) bond motifs is 3. The van der Waals surface area contributed by atoms with Gasteiger partial charge in [0.25, 0.3) is 0 Å². The Morgan fingerprint density at radius 1 is 1.16 bits per heavy atom. The van der Waals surface area contributed by atoms with Crippen LogP contribution >= 0.6 is 27.3 Å². The largest absolute Gasteiger partial charge is 0.128 e. The number of thiophene rings is 1. The molecule has 2 aromatic carbocycles. The first-order valence-corrected chi connectivity index (χ1v) is 10.4. The summed E-state index contributed by atoms with van der Waals surface area (Å²) in [5, 5.41) is 1.41. The maximum atomic E-state index is 3.66. The number of benzene rings is 2. The lowest BCUT2D eigenvalue weighted by atomic mass is 9.89. The van der Waals surface area contributed by atoms with E-state index in [1.807, 2.05) is 11.3 Å². The van der Waals surface area contributed by atoms with Gasteiger partial charge in [-0.2, -0.15) is 0 Å². The molecule has 1 unspecified atom stereocenters. The lowest BCUT2D eigenvalue weighted by Crippen LogP contribution is -1.96. The molecule has 0 N–H and O–H groups in total. The molecular weight excluding hydrogens is 388 g/mol. The normalized spacial score (nSPS) is 18.3. The second kappa shape index (κ2) is 5.69. The summed E-state index contributed by atoms with van der Waals surface area (Å²) < 4.78 is 2.63. The number of rotatable bonds is 2. The molecule has 1 atom stereocenters. The summed E-state index contributed by atoms with van der Waals surface area (Å²) in [7, 11) is 0. The van der Waals surface area contributed by atoms with Crippen molar-refractivity contribution in [1.82, 2.24) is 0 Å². The van der Waals surface area contributed by atoms with Gasteiger partial charge in [-0.1, -0.05) is 42.0 Å². The molecule has 0 saturated heterocycles. The van der Waals surface area contributed by atoms with Gasteiger partial charge in [0.05, 0.1) is 3.79 Å². The molecule has 2 heteroatoms. The Labute approximate surface area is 161 Å². The lowest BCUT2D eigenvalue weighted by molar-refractivity contribution is 0.890. The highest BCUT2D eigenvalue weighted by Crippen LogP contribution is 2.46. The van der Waals surface area contributed by atoms with Gasteiger partial charge in [-0.05, 0) is 93.5 Å². The molecule has 0 nitrogen and oxygen atoms in total. The summed E-state index contributed by atoms with van der Waals surface area (Å²) in [4.78, 5) is 0. The quantitative estimate of drug-likeness (QED) is 0.413. The SMILES string of the molecule is CC1=C(CC2C=Cc3ccccc32)c2cc3sc(Br)cc3c(C)c2C1. The van der Waals surface area contributed by atoms with Crippen LogP contribution < -0.4 is 0 Å². The van der Waals surface area contributed by atoms with Crippen molar-refractivity contribution in [2.75, 3.05) is 0 Å². The Kier molecular flexibility index (Phi) is 3.55. The Hall–Kier alpha value is -1.64. The van der Waals surface area contributed by atoms with Gasteiger partial charge in [-0.15, -0.1) is 11.3 Å². The molecule has 1 heterocycles. The first-order valence-electron chi connectivity index (χ1n) is 8.79. The van der Waals surface area contributed by atoms with Crippen LogP contribution in [0.2, 0.25) is 0 Å². The van der Waals surface area contributed by atoms with Gasteiger partial charge in [0, 0.05) is 10.6 Å². The van der Waals surface area contributed by atoms with E-state index >= 15 is 0 Å². The minimum absolute atomic E-state index is 0.512. The van der Waals surface area contributed by atoms with E-state index in [9.17, 15) is 0 Å². The van der Waals surface area contributed by atoms with Gasteiger partial charge in [-0.3, -0.25) is 0 Å². The van der Waals surface area contributed by atoms with E-state index in [4.69, 9.17) is 0 Å². The number of allylic oxidation sites excluding steroid dienone is 3. The zero-order valence-corrected chi connectivity index (χ0v) is 16.8. The summed E-state index contributed by atoms with van der Waals surface area (Å²) in [6, 6.07) is 13.5. The van der Waals surface area contributed by atoms with Crippen molar-refractivity contribution >= 4 is 49.0 Å². The van der Waals surface area contributed by atoms with Gasteiger partial charge >= 0.3 is 0 Å². The second-order valence-electron chi connectivity index (χ2n) is 7.22. The zero-order valence-electron chi connectivity index (χ0n) is 14.4. The van der Waals surface area contributed by atoms with Crippen LogP contribution in [0.15, 0.2) is 51.8 Å². The van der Waals surface area contributed by atoms with E-state index in [-0.39, 0.29) is 0 Å². The molecule has 2 aliphatic rings. The Morgan fingerprint density at radius 2 is 2.00 bits per heavy atom. The third-order valence-electron chi connectivity index (χ3n) is 5.80. The third-order valence-corrected chi connectivity index (χ3v) is 7.38. The summed E-state index contributed by atoms with van der Waals surface area (Å²) in [5.74, 6) is 0.512. The number of halogens is 1. The first-order chi connectivity index (χ1) is 12.1. The minimum Gasteiger partial charge on any atom is -0.128 e. The van der Waals surface area contributed by atoms with E-state index in [1.165, 1.54) is 36.1 Å². The standard InChI is InChI=1S/C23H19BrS/c1-13-9-19-14(2)20-12-23(24)25-22(20)11-21(19)18(13)10-16-8-7-15-5-3-4-6-17(15)16/h3-8,11-12,16H,9-10H2,1-2H3. The summed E-state index contributed by atoms with van der Waals surface area (Å²) in [6.07, 6.45) is 6.90. The van der Waals surface area contributed by atoms with Crippen LogP contribution in [-0.2, 0) is 6.42 Å². The van der Waals surface area contributed by atoms with Gasteiger partial charge in [0.2, 0.25) is 0 Å². The van der Waals surface area contributed by atoms with Crippen molar-refractivity contribution in [3.05, 3.63) is 79.7 Å². The zero-order chi connectivity index (χ0) is 17.1. The molecule has 0 bridgehead atoms. The molecular formula is C23H19BrS. The Balaban J connectivity index is 1.58. The summed E-state index contributed by atoms with van der Waals surface area (Å²) in [6.45, 7) is 4.62. The van der Waals surface area contributed by atoms with E-state index in [0.29, 0.717) is 5.92 Å². The van der Waals surface area contributed by atoms with Crippen molar-refractivity contribution in [3.63, 3.8) is 0 Å². The molecule has 0 spiro atoms. The molecule has 3 aromatic rings. The molecule has 0 aliphatic heterocycles. The number of hydrogen-bond donors (Lipinski definition) is 0. The van der Waals surface area contributed by atoms with Crippen molar-refractivity contribution < 1.29 is 0 Å². The van der Waals surface area contributed by atoms with Crippen LogP contribution in [0.4, 0.5) is 0 Å². The molecule has 0 saturated carbocycles. The molecule has 2 aliphatic carbocycles. The predicted octanol–water partition coefficient (Wildman–Crippen LogP) is 7.50. The Morgan fingerprint density at radius 3 is 2.88 bits per heavy atom. The van der Waals surface area contributed by atoms with Crippen LogP contribution in [0, 0.1) is 6.92 Å². The highest BCUT2D eigenvalue weighted by atomic mass is 79.9. The van der Waals surface area contributed by atoms with Crippen LogP contribution in [0.1, 0.15) is 47.1 Å². The monoisotopic (exact) mass is 406 g/mol. The predicted molar refractivity (Wildman–Crippen MR) is 113 cm³/mol. The second-order valence-corrected chi connectivity index (χ2v) is 9.69. The highest BCUT2D eigenvalue weighted by Gasteiger charge is 2.26. The van der Waals surface area contributed by atoms with Crippen LogP contribution in [0.3, 0.4) is 0 Å². The maximum Gasteiger partial charge on any atom is 0.0711 e. The Bertz CT molecular complexity index is 1080. The van der Waals surface area contributed by atoms with Gasteiger partial charge in [0.1, 0.15) is 0 Å². The van der Waals surface area contributed by atoms with Crippen molar-refractivity contribution in [1.29, 1.82) is 0 Å². The fraction of sp³-hybridized carbons (Fsp3) is 0.217. The van der Waals surface area contributed by atoms with Gasteiger partial charge in [-0.25, -0.2) is 0 Å². The maximum absolute atomic E-state index is 3.66. The molecule has 0 radical (unpaired) electrons. The van der Waals surface area contributed by atoms with Crippen LogP contribution in [-0.4, -0.2) is 0 Å². The molecule has 0 amide bonds. The highest BCUT2D eigenvalue weighted by molar-refractivity contribution is 9.11. The van der Waals surface area contributed by atoms with E-state index in [2.05, 4.69) is 78.3 Å². The minimum atomic E-state index is 0.512. The first kappa shape index (κ1) is 15.6. The van der Waals surface area contributed by atoms with Crippen LogP contribution in [0.5, 0.6) is 0 Å². The fourth-order valence-corrected chi connectivity index (χ4v) is 6.10. The van der Waals surface area contributed by atoms with E-state index in [0.717, 1.165) is 12.8 Å². The van der Waals surface area contributed by atoms with Gasteiger partial charge in [0.15, 0.2) is 0 Å². The van der Waals surface area contributed by atoms with E-state index in [1.54, 1.807) is 16.7 Å². The third kappa shape index (κ3) is 2.38. The summed E-state index contributed by atoms with van der Waals surface area (Å²) >= 11 is 5.51. The lowest BCUT2D eigenvalue weighted by Gasteiger charge is -2.15. The van der Waals surface area contributed by atoms with E-state index < -0.39 is 0 Å². The molecule has 5 rings (SSSR count). The topological polar surface area (TPSA) is 0 Å². The molecule has 124 valence electrons. The van der Waals surface area contributed by atoms with Crippen LogP contribution in [0.25, 0.3) is 21.7 Å². The van der Waals surface area contributed by atoms with Gasteiger partial charge < -0.3 is 0 Å². The number of hydrogen-bond acceptors (Lipinski definition) is 1. The van der Waals surface area contributed by atoms with Crippen molar-refractivity contribution in [2.24, 2.45) is 0 Å². The smallest absolute Gasteiger partial charge is 0.0711 e. The summed E-state index contributed by atoms with van der Waals surface area (Å²) in [5.41, 5.74) is 10.5. The molecule has 0 fully saturated rings. The number of aryl methyl sites for hydroxylation is 1. The average Bonchev–Trinajstić information content (AvgIpc) is 3.26. The van der Waals surface area contributed by atoms with Crippen molar-refractivity contribution in [3.8, 4) is 0 Å².